The summed E-state index contributed by atoms with van der Waals surface area (Å²) < 4.78 is 9.38. The Morgan fingerprint density at radius 1 is 0.339 bits per heavy atom. The fourth-order valence-corrected chi connectivity index (χ4v) is 9.44. The van der Waals surface area contributed by atoms with E-state index >= 15 is 0 Å². The number of hydrogen-bond donors (Lipinski definition) is 0. The first kappa shape index (κ1) is 34.5. The number of fused-ring (bicyclic) bond motifs is 10. The lowest BCUT2D eigenvalue weighted by Crippen LogP contribution is -2.04. The zero-order valence-electron chi connectivity index (χ0n) is 33.3. The van der Waals surface area contributed by atoms with Crippen LogP contribution in [0.3, 0.4) is 0 Å². The molecule has 0 saturated heterocycles. The van der Waals surface area contributed by atoms with Gasteiger partial charge in [-0.2, -0.15) is 0 Å². The number of hydrogen-bond acceptors (Lipinski definition) is 4. The maximum absolute atomic E-state index is 6.99. The van der Waals surface area contributed by atoms with Crippen molar-refractivity contribution in [2.75, 3.05) is 0 Å². The maximum atomic E-state index is 6.99. The van der Waals surface area contributed by atoms with Crippen LogP contribution in [0, 0.1) is 0 Å². The largest absolute Gasteiger partial charge is 0.454 e. The Hall–Kier alpha value is -8.41. The van der Waals surface area contributed by atoms with Crippen LogP contribution in [0.25, 0.3) is 127 Å². The molecule has 3 aromatic heterocycles. The molecule has 62 heavy (non-hydrogen) atoms. The van der Waals surface area contributed by atoms with Crippen molar-refractivity contribution in [1.29, 1.82) is 0 Å². The summed E-state index contributed by atoms with van der Waals surface area (Å²) in [5.41, 5.74) is 9.48. The molecule has 0 saturated carbocycles. The summed E-state index contributed by atoms with van der Waals surface area (Å²) in [5, 5.41) is 11.4. The highest BCUT2D eigenvalue weighted by atomic mass is 16.3. The minimum atomic E-state index is 0.553. The first-order chi connectivity index (χ1) is 30.7. The summed E-state index contributed by atoms with van der Waals surface area (Å²) in [6, 6.07) is 72.7. The van der Waals surface area contributed by atoms with E-state index in [2.05, 4.69) is 193 Å². The number of nitrogens with zero attached hydrogens (tertiary/aromatic N) is 4. The Balaban J connectivity index is 1.16. The Bertz CT molecular complexity index is 3940. The zero-order valence-corrected chi connectivity index (χ0v) is 33.3. The van der Waals surface area contributed by atoms with Crippen LogP contribution >= 0.6 is 0 Å². The molecule has 5 nitrogen and oxygen atoms in total. The fourth-order valence-electron chi connectivity index (χ4n) is 9.44. The van der Waals surface area contributed by atoms with E-state index < -0.39 is 0 Å². The summed E-state index contributed by atoms with van der Waals surface area (Å²) >= 11 is 0. The highest BCUT2D eigenvalue weighted by Crippen LogP contribution is 2.45. The summed E-state index contributed by atoms with van der Waals surface area (Å²) in [6.45, 7) is 0. The molecule has 0 amide bonds. The predicted octanol–water partition coefficient (Wildman–Crippen LogP) is 15.0. The van der Waals surface area contributed by atoms with Gasteiger partial charge in [0.15, 0.2) is 23.1 Å². The van der Waals surface area contributed by atoms with Crippen LogP contribution in [0.15, 0.2) is 211 Å². The first-order valence-electron chi connectivity index (χ1n) is 20.9. The van der Waals surface area contributed by atoms with Gasteiger partial charge in [0.25, 0.3) is 0 Å². The van der Waals surface area contributed by atoms with Gasteiger partial charge in [-0.3, -0.25) is 0 Å². The fraction of sp³-hybridized carbons (Fsp3) is 0. The van der Waals surface area contributed by atoms with Crippen LogP contribution in [-0.2, 0) is 0 Å². The van der Waals surface area contributed by atoms with E-state index in [4.69, 9.17) is 19.4 Å². The Labute approximate surface area is 355 Å². The van der Waals surface area contributed by atoms with Gasteiger partial charge in [-0.25, -0.2) is 15.0 Å². The molecule has 0 aliphatic heterocycles. The topological polar surface area (TPSA) is 56.7 Å². The quantitative estimate of drug-likeness (QED) is 0.174. The van der Waals surface area contributed by atoms with Crippen LogP contribution in [0.4, 0.5) is 0 Å². The van der Waals surface area contributed by atoms with Gasteiger partial charge in [0, 0.05) is 38.2 Å². The van der Waals surface area contributed by atoms with Gasteiger partial charge in [0.2, 0.25) is 0 Å². The molecular formula is C57H34N4O. The predicted molar refractivity (Wildman–Crippen MR) is 256 cm³/mol. The molecule has 0 N–H and O–H groups in total. The monoisotopic (exact) mass is 790 g/mol. The van der Waals surface area contributed by atoms with Gasteiger partial charge in [-0.05, 0) is 92.0 Å². The third kappa shape index (κ3) is 5.38. The Morgan fingerprint density at radius 2 is 0.952 bits per heavy atom. The first-order valence-corrected chi connectivity index (χ1v) is 20.9. The van der Waals surface area contributed by atoms with Gasteiger partial charge in [-0.15, -0.1) is 0 Å². The number of rotatable bonds is 5. The number of para-hydroxylation sites is 1. The van der Waals surface area contributed by atoms with Crippen molar-refractivity contribution in [3.8, 4) is 51.0 Å². The minimum absolute atomic E-state index is 0.553. The van der Waals surface area contributed by atoms with E-state index in [1.54, 1.807) is 0 Å². The van der Waals surface area contributed by atoms with Gasteiger partial charge >= 0.3 is 0 Å². The molecule has 5 heteroatoms. The smallest absolute Gasteiger partial charge is 0.166 e. The van der Waals surface area contributed by atoms with Crippen molar-refractivity contribution in [3.63, 3.8) is 0 Å². The molecule has 0 bridgehead atoms. The van der Waals surface area contributed by atoms with Gasteiger partial charge < -0.3 is 8.98 Å². The van der Waals surface area contributed by atoms with Crippen LogP contribution in [0.5, 0.6) is 0 Å². The van der Waals surface area contributed by atoms with Gasteiger partial charge in [-0.1, -0.05) is 158 Å². The summed E-state index contributed by atoms with van der Waals surface area (Å²) in [6.07, 6.45) is 0. The lowest BCUT2D eigenvalue weighted by molar-refractivity contribution is 0.666. The second kappa shape index (κ2) is 13.6. The SMILES string of the molecule is c1ccc(-c2cccc(-c3nc(-c4ccc5ccccc5c4)nc(-c4ccc5c(oc6ccccc65)c4-n4c5cc6ccccc6cc5c5c6ccccc6ccc54)n3)c2)cc1. The van der Waals surface area contributed by atoms with Gasteiger partial charge in [0.05, 0.1) is 11.0 Å². The Morgan fingerprint density at radius 3 is 1.77 bits per heavy atom. The molecule has 0 radical (unpaired) electrons. The summed E-state index contributed by atoms with van der Waals surface area (Å²) in [5.74, 6) is 1.73. The van der Waals surface area contributed by atoms with E-state index in [1.165, 1.54) is 26.9 Å². The number of furan rings is 1. The van der Waals surface area contributed by atoms with Crippen molar-refractivity contribution in [3.05, 3.63) is 206 Å². The molecular weight excluding hydrogens is 757 g/mol. The standard InChI is InChI=1S/C57H34N4O/c1-2-13-35(14-3-1)39-20-12-21-42(31-39)55-58-56(43-26-25-36-15-4-5-17-38(36)32-43)60-57(59-55)47-29-28-46-45-23-10-11-24-51(45)62-54(46)53(47)61-49-30-27-37-16-8-9-22-44(37)52(49)48-33-40-18-6-7-19-41(40)34-50(48)61/h1-34H. The lowest BCUT2D eigenvalue weighted by atomic mass is 10.0. The highest BCUT2D eigenvalue weighted by molar-refractivity contribution is 6.24. The molecule has 0 unspecified atom stereocenters. The molecule has 0 spiro atoms. The molecule has 13 aromatic rings. The third-order valence-electron chi connectivity index (χ3n) is 12.4. The second-order valence-electron chi connectivity index (χ2n) is 16.0. The van der Waals surface area contributed by atoms with Crippen molar-refractivity contribution >= 4 is 76.1 Å². The van der Waals surface area contributed by atoms with E-state index in [9.17, 15) is 0 Å². The molecule has 3 heterocycles. The molecule has 0 aliphatic carbocycles. The molecule has 10 aromatic carbocycles. The summed E-state index contributed by atoms with van der Waals surface area (Å²) in [4.78, 5) is 16.1. The maximum Gasteiger partial charge on any atom is 0.166 e. The van der Waals surface area contributed by atoms with E-state index in [-0.39, 0.29) is 0 Å². The van der Waals surface area contributed by atoms with Crippen LogP contribution in [0.1, 0.15) is 0 Å². The molecule has 288 valence electrons. The van der Waals surface area contributed by atoms with Gasteiger partial charge in [0.1, 0.15) is 11.3 Å². The second-order valence-corrected chi connectivity index (χ2v) is 16.0. The normalized spacial score (nSPS) is 11.9. The van der Waals surface area contributed by atoms with Crippen LogP contribution in [0.2, 0.25) is 0 Å². The van der Waals surface area contributed by atoms with Crippen molar-refractivity contribution in [1.82, 2.24) is 19.5 Å². The zero-order chi connectivity index (χ0) is 40.7. The minimum Gasteiger partial charge on any atom is -0.454 e. The average molecular weight is 791 g/mol. The highest BCUT2D eigenvalue weighted by Gasteiger charge is 2.25. The Kier molecular flexibility index (Phi) is 7.54. The van der Waals surface area contributed by atoms with Crippen molar-refractivity contribution in [2.24, 2.45) is 0 Å². The molecule has 0 aliphatic rings. The molecule has 0 atom stereocenters. The van der Waals surface area contributed by atoms with E-state index in [1.807, 2.05) is 18.2 Å². The van der Waals surface area contributed by atoms with E-state index in [0.717, 1.165) is 82.6 Å². The molecule has 13 rings (SSSR count). The third-order valence-corrected chi connectivity index (χ3v) is 12.4. The van der Waals surface area contributed by atoms with E-state index in [0.29, 0.717) is 17.5 Å². The van der Waals surface area contributed by atoms with Crippen LogP contribution < -0.4 is 0 Å². The average Bonchev–Trinajstić information content (AvgIpc) is 3.88. The van der Waals surface area contributed by atoms with Crippen molar-refractivity contribution in [2.45, 2.75) is 0 Å². The number of aromatic nitrogens is 4. The number of benzene rings is 10. The van der Waals surface area contributed by atoms with Crippen molar-refractivity contribution < 1.29 is 4.42 Å². The molecule has 0 fully saturated rings. The summed E-state index contributed by atoms with van der Waals surface area (Å²) in [7, 11) is 0. The van der Waals surface area contributed by atoms with Crippen LogP contribution in [-0.4, -0.2) is 19.5 Å². The lowest BCUT2D eigenvalue weighted by Gasteiger charge is -2.16.